The first-order chi connectivity index (χ1) is 9.99. The molecule has 1 atom stereocenters. The maximum atomic E-state index is 12.7. The lowest BCUT2D eigenvalue weighted by atomic mass is 9.94. The molecule has 0 saturated heterocycles. The second-order valence-electron chi connectivity index (χ2n) is 5.95. The fraction of sp³-hybridized carbons (Fsp3) is 0.500. The molecule has 1 aliphatic heterocycles. The Morgan fingerprint density at radius 1 is 1.36 bits per heavy atom. The predicted molar refractivity (Wildman–Crippen MR) is 69.7 cm³/mol. The maximum absolute atomic E-state index is 12.7. The molecule has 120 valence electrons. The molecule has 2 heterocycles. The van der Waals surface area contributed by atoms with Crippen molar-refractivity contribution in [2.75, 3.05) is 0 Å². The molecule has 1 aromatic heterocycles. The van der Waals surface area contributed by atoms with Crippen molar-refractivity contribution in [2.45, 2.75) is 45.0 Å². The molecular formula is C14H15F3N2O3. The smallest absolute Gasteiger partial charge is 0.417 e. The number of rotatable bonds is 1. The Morgan fingerprint density at radius 2 is 2.00 bits per heavy atom. The Balaban J connectivity index is 2.39. The first kappa shape index (κ1) is 16.3. The van der Waals surface area contributed by atoms with Crippen LogP contribution in [0, 0.1) is 0 Å². The predicted octanol–water partition coefficient (Wildman–Crippen LogP) is 2.16. The highest BCUT2D eigenvalue weighted by molar-refractivity contribution is 6.04. The molecule has 0 spiro atoms. The van der Waals surface area contributed by atoms with Gasteiger partial charge in [0.15, 0.2) is 5.92 Å². The molecule has 0 aromatic carbocycles. The molecule has 0 radical (unpaired) electrons. The minimum absolute atomic E-state index is 0.00556. The van der Waals surface area contributed by atoms with E-state index in [1.807, 2.05) is 0 Å². The van der Waals surface area contributed by atoms with Crippen molar-refractivity contribution in [1.29, 1.82) is 0 Å². The Labute approximate surface area is 124 Å². The number of amides is 1. The van der Waals surface area contributed by atoms with Crippen LogP contribution in [0.15, 0.2) is 12.3 Å². The summed E-state index contributed by atoms with van der Waals surface area (Å²) in [5, 5.41) is 2.39. The average Bonchev–Trinajstić information content (AvgIpc) is 2.34. The molecule has 2 rings (SSSR count). The van der Waals surface area contributed by atoms with Gasteiger partial charge in [0.25, 0.3) is 0 Å². The third-order valence-corrected chi connectivity index (χ3v) is 2.96. The number of fused-ring (bicyclic) bond motifs is 1. The quantitative estimate of drug-likeness (QED) is 0.637. The van der Waals surface area contributed by atoms with Crippen molar-refractivity contribution in [1.82, 2.24) is 10.3 Å². The van der Waals surface area contributed by atoms with Crippen LogP contribution in [0.5, 0.6) is 0 Å². The Hall–Kier alpha value is -2.12. The largest absolute Gasteiger partial charge is 0.459 e. The molecule has 1 amide bonds. The number of aromatic nitrogens is 1. The van der Waals surface area contributed by atoms with E-state index in [1.54, 1.807) is 20.8 Å². The Kier molecular flexibility index (Phi) is 3.88. The molecule has 0 aliphatic carbocycles. The van der Waals surface area contributed by atoms with Gasteiger partial charge in [-0.2, -0.15) is 13.2 Å². The first-order valence-corrected chi connectivity index (χ1v) is 6.55. The van der Waals surface area contributed by atoms with Gasteiger partial charge in [-0.15, -0.1) is 0 Å². The number of nitrogens with one attached hydrogen (secondary N) is 1. The van der Waals surface area contributed by atoms with Gasteiger partial charge in [-0.05, 0) is 32.4 Å². The van der Waals surface area contributed by atoms with Crippen LogP contribution in [0.3, 0.4) is 0 Å². The molecular weight excluding hydrogens is 301 g/mol. The minimum Gasteiger partial charge on any atom is -0.459 e. The number of nitrogens with zero attached hydrogens (tertiary/aromatic N) is 1. The molecule has 8 heteroatoms. The van der Waals surface area contributed by atoms with Crippen molar-refractivity contribution in [3.63, 3.8) is 0 Å². The van der Waals surface area contributed by atoms with Crippen LogP contribution < -0.4 is 5.32 Å². The van der Waals surface area contributed by atoms with Gasteiger partial charge in [-0.3, -0.25) is 14.6 Å². The standard InChI is InChI=1S/C14H15F3N2O3/c1-13(2,3)22-12(21)9-10-7(5-19-11(9)20)4-8(6-18-10)14(15,16)17/h4,6,9H,5H2,1-3H3,(H,19,20)/t9-/m1/s1. The summed E-state index contributed by atoms with van der Waals surface area (Å²) in [6, 6.07) is 0.888. The lowest BCUT2D eigenvalue weighted by Gasteiger charge is -2.27. The summed E-state index contributed by atoms with van der Waals surface area (Å²) in [4.78, 5) is 27.7. The minimum atomic E-state index is -4.54. The maximum Gasteiger partial charge on any atom is 0.417 e. The Morgan fingerprint density at radius 3 is 2.55 bits per heavy atom. The first-order valence-electron chi connectivity index (χ1n) is 6.55. The van der Waals surface area contributed by atoms with Crippen LogP contribution >= 0.6 is 0 Å². The van der Waals surface area contributed by atoms with Crippen molar-refractivity contribution in [2.24, 2.45) is 0 Å². The van der Waals surface area contributed by atoms with E-state index < -0.39 is 35.1 Å². The number of ether oxygens (including phenoxy) is 1. The number of carbonyl (C=O) groups is 2. The van der Waals surface area contributed by atoms with Crippen LogP contribution in [0.2, 0.25) is 0 Å². The van der Waals surface area contributed by atoms with Crippen molar-refractivity contribution >= 4 is 11.9 Å². The normalized spacial score (nSPS) is 18.5. The fourth-order valence-corrected chi connectivity index (χ4v) is 2.07. The van der Waals surface area contributed by atoms with Gasteiger partial charge in [-0.1, -0.05) is 0 Å². The number of alkyl halides is 3. The van der Waals surface area contributed by atoms with Crippen LogP contribution in [-0.2, 0) is 27.0 Å². The van der Waals surface area contributed by atoms with E-state index in [2.05, 4.69) is 10.3 Å². The van der Waals surface area contributed by atoms with E-state index >= 15 is 0 Å². The van der Waals surface area contributed by atoms with Gasteiger partial charge in [0.1, 0.15) is 5.60 Å². The molecule has 0 fully saturated rings. The highest BCUT2D eigenvalue weighted by Crippen LogP contribution is 2.33. The highest BCUT2D eigenvalue weighted by Gasteiger charge is 2.40. The summed E-state index contributed by atoms with van der Waals surface area (Å²) >= 11 is 0. The highest BCUT2D eigenvalue weighted by atomic mass is 19.4. The van der Waals surface area contributed by atoms with Crippen molar-refractivity contribution < 1.29 is 27.5 Å². The van der Waals surface area contributed by atoms with Gasteiger partial charge >= 0.3 is 12.1 Å². The van der Waals surface area contributed by atoms with E-state index in [4.69, 9.17) is 4.74 Å². The molecule has 0 bridgehead atoms. The van der Waals surface area contributed by atoms with Crippen LogP contribution in [0.1, 0.15) is 43.5 Å². The molecule has 5 nitrogen and oxygen atoms in total. The number of carbonyl (C=O) groups excluding carboxylic acids is 2. The summed E-state index contributed by atoms with van der Waals surface area (Å²) in [6.07, 6.45) is -3.92. The summed E-state index contributed by atoms with van der Waals surface area (Å²) in [5.74, 6) is -2.82. The Bertz CT molecular complexity index is 621. The van der Waals surface area contributed by atoms with Crippen LogP contribution in [0.4, 0.5) is 13.2 Å². The van der Waals surface area contributed by atoms with Gasteiger partial charge < -0.3 is 10.1 Å². The van der Waals surface area contributed by atoms with E-state index in [0.717, 1.165) is 6.07 Å². The van der Waals surface area contributed by atoms with Gasteiger partial charge in [0.05, 0.1) is 11.3 Å². The molecule has 1 N–H and O–H groups in total. The lowest BCUT2D eigenvalue weighted by molar-refractivity contribution is -0.159. The average molecular weight is 316 g/mol. The zero-order chi connectivity index (χ0) is 16.7. The molecule has 22 heavy (non-hydrogen) atoms. The number of halogens is 3. The third-order valence-electron chi connectivity index (χ3n) is 2.96. The lowest BCUT2D eigenvalue weighted by Crippen LogP contribution is -2.42. The van der Waals surface area contributed by atoms with Gasteiger partial charge in [0.2, 0.25) is 5.91 Å². The van der Waals surface area contributed by atoms with E-state index in [-0.39, 0.29) is 17.8 Å². The monoisotopic (exact) mass is 316 g/mol. The van der Waals surface area contributed by atoms with Crippen molar-refractivity contribution in [3.8, 4) is 0 Å². The van der Waals surface area contributed by atoms with Gasteiger partial charge in [-0.25, -0.2) is 0 Å². The summed E-state index contributed by atoms with van der Waals surface area (Å²) < 4.78 is 43.2. The summed E-state index contributed by atoms with van der Waals surface area (Å²) in [6.45, 7) is 4.79. The SMILES string of the molecule is CC(C)(C)OC(=O)[C@H]1C(=O)NCc2cc(C(F)(F)F)cnc21. The second kappa shape index (κ2) is 5.26. The summed E-state index contributed by atoms with van der Waals surface area (Å²) in [5.41, 5.74) is -1.58. The number of hydrogen-bond donors (Lipinski definition) is 1. The number of pyridine rings is 1. The van der Waals surface area contributed by atoms with Gasteiger partial charge in [0, 0.05) is 12.7 Å². The second-order valence-corrected chi connectivity index (χ2v) is 5.95. The van der Waals surface area contributed by atoms with Crippen molar-refractivity contribution in [3.05, 3.63) is 29.1 Å². The van der Waals surface area contributed by atoms with Crippen LogP contribution in [-0.4, -0.2) is 22.5 Å². The van der Waals surface area contributed by atoms with E-state index in [0.29, 0.717) is 6.20 Å². The third kappa shape index (κ3) is 3.37. The topological polar surface area (TPSA) is 68.3 Å². The zero-order valence-electron chi connectivity index (χ0n) is 12.2. The number of hydrogen-bond acceptors (Lipinski definition) is 4. The zero-order valence-corrected chi connectivity index (χ0v) is 12.2. The van der Waals surface area contributed by atoms with E-state index in [9.17, 15) is 22.8 Å². The fourth-order valence-electron chi connectivity index (χ4n) is 2.07. The summed E-state index contributed by atoms with van der Waals surface area (Å²) in [7, 11) is 0. The molecule has 0 saturated carbocycles. The number of esters is 1. The van der Waals surface area contributed by atoms with Crippen LogP contribution in [0.25, 0.3) is 0 Å². The molecule has 0 unspecified atom stereocenters. The molecule has 1 aliphatic rings. The molecule has 1 aromatic rings. The van der Waals surface area contributed by atoms with E-state index in [1.165, 1.54) is 0 Å².